The van der Waals surface area contributed by atoms with Crippen LogP contribution < -0.4 is 10.6 Å². The van der Waals surface area contributed by atoms with Crippen LogP contribution in [0.25, 0.3) is 10.8 Å². The van der Waals surface area contributed by atoms with Crippen molar-refractivity contribution in [3.05, 3.63) is 30.6 Å². The molecule has 110 valence electrons. The third kappa shape index (κ3) is 2.05. The lowest BCUT2D eigenvalue weighted by Crippen LogP contribution is -2.36. The van der Waals surface area contributed by atoms with E-state index in [0.29, 0.717) is 6.04 Å². The van der Waals surface area contributed by atoms with Gasteiger partial charge in [0.05, 0.1) is 0 Å². The van der Waals surface area contributed by atoms with Crippen LogP contribution >= 0.6 is 0 Å². The Morgan fingerprint density at radius 3 is 2.86 bits per heavy atom. The van der Waals surface area contributed by atoms with Crippen LogP contribution in [0.3, 0.4) is 0 Å². The van der Waals surface area contributed by atoms with E-state index in [4.69, 9.17) is 5.73 Å². The van der Waals surface area contributed by atoms with Gasteiger partial charge < -0.3 is 10.6 Å². The Balaban J connectivity index is 1.75. The molecule has 0 radical (unpaired) electrons. The molecule has 1 aromatic heterocycles. The van der Waals surface area contributed by atoms with Gasteiger partial charge in [-0.3, -0.25) is 9.88 Å². The fourth-order valence-electron chi connectivity index (χ4n) is 4.00. The second kappa shape index (κ2) is 4.88. The fraction of sp³-hybridized carbons (Fsp3) is 0.471. The summed E-state index contributed by atoms with van der Waals surface area (Å²) in [5.74, 6) is 0. The SMILES string of the molecule is CN1C2CCC1CN(c1ccc(N)c3cnccc13)CC2. The first-order valence-electron chi connectivity index (χ1n) is 7.83. The number of nitrogen functional groups attached to an aromatic ring is 1. The van der Waals surface area contributed by atoms with Crippen molar-refractivity contribution in [3.63, 3.8) is 0 Å². The Morgan fingerprint density at radius 1 is 1.10 bits per heavy atom. The Labute approximate surface area is 125 Å². The van der Waals surface area contributed by atoms with E-state index in [1.54, 1.807) is 0 Å². The van der Waals surface area contributed by atoms with Crippen LogP contribution in [-0.2, 0) is 0 Å². The van der Waals surface area contributed by atoms with Gasteiger partial charge in [0, 0.05) is 59.7 Å². The lowest BCUT2D eigenvalue weighted by Gasteiger charge is -2.28. The molecule has 2 bridgehead atoms. The summed E-state index contributed by atoms with van der Waals surface area (Å²) in [6.07, 6.45) is 7.68. The van der Waals surface area contributed by atoms with Gasteiger partial charge in [-0.2, -0.15) is 0 Å². The molecule has 0 spiro atoms. The van der Waals surface area contributed by atoms with Gasteiger partial charge in [-0.1, -0.05) is 0 Å². The number of nitrogens with zero attached hydrogens (tertiary/aromatic N) is 3. The summed E-state index contributed by atoms with van der Waals surface area (Å²) in [5.41, 5.74) is 8.22. The van der Waals surface area contributed by atoms with Crippen LogP contribution in [0.15, 0.2) is 30.6 Å². The maximum atomic E-state index is 6.10. The number of benzene rings is 1. The molecule has 2 N–H and O–H groups in total. The molecule has 2 aliphatic rings. The van der Waals surface area contributed by atoms with Crippen molar-refractivity contribution >= 4 is 22.1 Å². The second-order valence-corrected chi connectivity index (χ2v) is 6.38. The molecule has 2 atom stereocenters. The van der Waals surface area contributed by atoms with E-state index in [2.05, 4.69) is 34.0 Å². The van der Waals surface area contributed by atoms with Gasteiger partial charge in [-0.15, -0.1) is 0 Å². The molecule has 2 unspecified atom stereocenters. The number of pyridine rings is 1. The maximum Gasteiger partial charge on any atom is 0.0449 e. The minimum absolute atomic E-state index is 0.687. The van der Waals surface area contributed by atoms with Crippen LogP contribution in [0.4, 0.5) is 11.4 Å². The summed E-state index contributed by atoms with van der Waals surface area (Å²) in [7, 11) is 2.29. The zero-order chi connectivity index (χ0) is 14.4. The van der Waals surface area contributed by atoms with Crippen molar-refractivity contribution in [1.29, 1.82) is 0 Å². The molecule has 0 amide bonds. The standard InChI is InChI=1S/C17H22N4/c1-20-12-2-3-13(20)11-21(9-7-12)17-5-4-16(18)15-10-19-8-6-14(15)17/h4-6,8,10,12-13H,2-3,7,9,11,18H2,1H3. The molecular formula is C17H22N4. The third-order valence-corrected chi connectivity index (χ3v) is 5.32. The highest BCUT2D eigenvalue weighted by atomic mass is 15.3. The number of rotatable bonds is 1. The third-order valence-electron chi connectivity index (χ3n) is 5.32. The Morgan fingerprint density at radius 2 is 1.95 bits per heavy atom. The Kier molecular flexibility index (Phi) is 3.00. The lowest BCUT2D eigenvalue weighted by atomic mass is 10.0. The number of hydrogen-bond donors (Lipinski definition) is 1. The number of nitrogens with two attached hydrogens (primary N) is 1. The van der Waals surface area contributed by atoms with E-state index in [0.717, 1.165) is 30.2 Å². The van der Waals surface area contributed by atoms with Gasteiger partial charge in [0.25, 0.3) is 0 Å². The number of aromatic nitrogens is 1. The van der Waals surface area contributed by atoms with Gasteiger partial charge in [0.2, 0.25) is 0 Å². The first-order chi connectivity index (χ1) is 10.2. The summed E-state index contributed by atoms with van der Waals surface area (Å²) < 4.78 is 0. The molecular weight excluding hydrogens is 260 g/mol. The van der Waals surface area contributed by atoms with Crippen molar-refractivity contribution < 1.29 is 0 Å². The predicted molar refractivity (Wildman–Crippen MR) is 87.6 cm³/mol. The quantitative estimate of drug-likeness (QED) is 0.816. The highest BCUT2D eigenvalue weighted by Crippen LogP contribution is 2.35. The van der Waals surface area contributed by atoms with Crippen LogP contribution in [0.1, 0.15) is 19.3 Å². The molecule has 4 heteroatoms. The fourth-order valence-corrected chi connectivity index (χ4v) is 4.00. The molecule has 4 rings (SSSR count). The Hall–Kier alpha value is -1.81. The molecule has 2 aromatic rings. The van der Waals surface area contributed by atoms with Crippen LogP contribution in [-0.4, -0.2) is 42.1 Å². The van der Waals surface area contributed by atoms with Crippen molar-refractivity contribution in [2.24, 2.45) is 0 Å². The van der Waals surface area contributed by atoms with Gasteiger partial charge in [0.1, 0.15) is 0 Å². The number of hydrogen-bond acceptors (Lipinski definition) is 4. The molecule has 1 aromatic carbocycles. The number of fused-ring (bicyclic) bond motifs is 3. The Bertz CT molecular complexity index is 669. The molecule has 2 aliphatic heterocycles. The van der Waals surface area contributed by atoms with Gasteiger partial charge in [-0.05, 0) is 44.5 Å². The summed E-state index contributed by atoms with van der Waals surface area (Å²) in [5, 5.41) is 2.29. The lowest BCUT2D eigenvalue weighted by molar-refractivity contribution is 0.254. The van der Waals surface area contributed by atoms with E-state index in [1.807, 2.05) is 18.5 Å². The minimum atomic E-state index is 0.687. The molecule has 2 saturated heterocycles. The van der Waals surface area contributed by atoms with Crippen molar-refractivity contribution in [1.82, 2.24) is 9.88 Å². The predicted octanol–water partition coefficient (Wildman–Crippen LogP) is 2.49. The topological polar surface area (TPSA) is 45.4 Å². The van der Waals surface area contributed by atoms with Crippen LogP contribution in [0.2, 0.25) is 0 Å². The number of likely N-dealkylation sites (N-methyl/N-ethyl adjacent to an activating group) is 1. The first kappa shape index (κ1) is 12.9. The first-order valence-corrected chi connectivity index (χ1v) is 7.83. The molecule has 0 aliphatic carbocycles. The summed E-state index contributed by atoms with van der Waals surface area (Å²) in [6.45, 7) is 2.25. The second-order valence-electron chi connectivity index (χ2n) is 6.38. The van der Waals surface area contributed by atoms with Crippen molar-refractivity contribution in [2.45, 2.75) is 31.3 Å². The van der Waals surface area contributed by atoms with E-state index >= 15 is 0 Å². The molecule has 0 saturated carbocycles. The van der Waals surface area contributed by atoms with Crippen molar-refractivity contribution in [2.75, 3.05) is 30.8 Å². The molecule has 3 heterocycles. The average molecular weight is 282 g/mol. The highest BCUT2D eigenvalue weighted by molar-refractivity contribution is 6.00. The van der Waals surface area contributed by atoms with Gasteiger partial charge in [0.15, 0.2) is 0 Å². The van der Waals surface area contributed by atoms with Gasteiger partial charge >= 0.3 is 0 Å². The van der Waals surface area contributed by atoms with Crippen molar-refractivity contribution in [3.8, 4) is 0 Å². The molecule has 21 heavy (non-hydrogen) atoms. The van der Waals surface area contributed by atoms with E-state index in [1.165, 1.54) is 30.3 Å². The normalized spacial score (nSPS) is 26.2. The van der Waals surface area contributed by atoms with E-state index in [9.17, 15) is 0 Å². The average Bonchev–Trinajstić information content (AvgIpc) is 2.74. The van der Waals surface area contributed by atoms with Crippen LogP contribution in [0, 0.1) is 0 Å². The minimum Gasteiger partial charge on any atom is -0.398 e. The van der Waals surface area contributed by atoms with Gasteiger partial charge in [-0.25, -0.2) is 0 Å². The van der Waals surface area contributed by atoms with E-state index in [-0.39, 0.29) is 0 Å². The zero-order valence-electron chi connectivity index (χ0n) is 12.5. The smallest absolute Gasteiger partial charge is 0.0449 e. The molecule has 2 fully saturated rings. The summed E-state index contributed by atoms with van der Waals surface area (Å²) in [4.78, 5) is 9.35. The molecule has 4 nitrogen and oxygen atoms in total. The summed E-state index contributed by atoms with van der Waals surface area (Å²) >= 11 is 0. The van der Waals surface area contributed by atoms with E-state index < -0.39 is 0 Å². The zero-order valence-corrected chi connectivity index (χ0v) is 12.5. The summed E-state index contributed by atoms with van der Waals surface area (Å²) in [6, 6.07) is 7.74. The highest BCUT2D eigenvalue weighted by Gasteiger charge is 2.34. The largest absolute Gasteiger partial charge is 0.398 e. The monoisotopic (exact) mass is 282 g/mol. The van der Waals surface area contributed by atoms with Crippen LogP contribution in [0.5, 0.6) is 0 Å². The number of anilines is 2. The maximum absolute atomic E-state index is 6.10.